The Balaban J connectivity index is 0.00000512. The first-order valence-corrected chi connectivity index (χ1v) is 12.6. The summed E-state index contributed by atoms with van der Waals surface area (Å²) in [6.45, 7) is 10.5. The van der Waals surface area contributed by atoms with E-state index >= 15 is 0 Å². The highest BCUT2D eigenvalue weighted by Gasteiger charge is 2.42. The predicted octanol–water partition coefficient (Wildman–Crippen LogP) is 2.86. The van der Waals surface area contributed by atoms with Crippen molar-refractivity contribution >= 4 is 16.0 Å². The molecular weight excluding hydrogens is 414 g/mol. The Labute approximate surface area is 189 Å². The maximum Gasteiger partial charge on any atom is 0.324 e. The van der Waals surface area contributed by atoms with Gasteiger partial charge in [-0.3, -0.25) is 4.79 Å². The normalized spacial score (nSPS) is 20.2. The lowest BCUT2D eigenvalue weighted by molar-refractivity contribution is -0.147. The van der Waals surface area contributed by atoms with Crippen molar-refractivity contribution in [2.45, 2.75) is 65.7 Å². The molecule has 178 valence electrons. The number of nitrogens with zero attached hydrogens (tertiary/aromatic N) is 2. The summed E-state index contributed by atoms with van der Waals surface area (Å²) in [4.78, 5) is 14.4. The summed E-state index contributed by atoms with van der Waals surface area (Å²) in [5, 5.41) is 3.66. The Morgan fingerprint density at radius 3 is 2.61 bits per heavy atom. The van der Waals surface area contributed by atoms with E-state index in [2.05, 4.69) is 45.1 Å². The summed E-state index contributed by atoms with van der Waals surface area (Å²) < 4.78 is 31.4. The number of hydrogen-bond acceptors (Lipinski definition) is 6. The fourth-order valence-electron chi connectivity index (χ4n) is 4.06. The van der Waals surface area contributed by atoms with E-state index in [4.69, 9.17) is 4.74 Å². The summed E-state index contributed by atoms with van der Waals surface area (Å²) >= 11 is 0. The van der Waals surface area contributed by atoms with E-state index in [-0.39, 0.29) is 32.2 Å². The highest BCUT2D eigenvalue weighted by molar-refractivity contribution is 7.89. The number of carbonyl (C=O) groups is 1. The molecule has 0 radical (unpaired) electrons. The molecule has 0 aliphatic carbocycles. The lowest BCUT2D eigenvalue weighted by atomic mass is 9.88. The van der Waals surface area contributed by atoms with Crippen LogP contribution in [0.25, 0.3) is 0 Å². The van der Waals surface area contributed by atoms with Gasteiger partial charge < -0.3 is 15.0 Å². The molecule has 0 aromatic heterocycles. The molecule has 1 saturated heterocycles. The van der Waals surface area contributed by atoms with Gasteiger partial charge in [0.15, 0.2) is 0 Å². The number of likely N-dealkylation sites (N-methyl/N-ethyl adjacent to an activating group) is 1. The molecule has 1 N–H and O–H groups in total. The molecule has 1 aliphatic heterocycles. The first kappa shape index (κ1) is 25.8. The molecule has 0 saturated carbocycles. The molecule has 1 aliphatic rings. The van der Waals surface area contributed by atoms with Crippen LogP contribution >= 0.6 is 0 Å². The smallest absolute Gasteiger partial charge is 0.324 e. The maximum atomic E-state index is 12.5. The van der Waals surface area contributed by atoms with Gasteiger partial charge in [-0.05, 0) is 50.4 Å². The van der Waals surface area contributed by atoms with Crippen LogP contribution in [-0.4, -0.2) is 68.7 Å². The van der Waals surface area contributed by atoms with E-state index in [1.807, 2.05) is 24.3 Å². The number of ether oxygens (including phenoxy) is 1. The van der Waals surface area contributed by atoms with Crippen LogP contribution in [0.2, 0.25) is 0 Å². The van der Waals surface area contributed by atoms with Crippen molar-refractivity contribution in [2.75, 3.05) is 33.0 Å². The maximum absolute atomic E-state index is 12.5. The molecule has 31 heavy (non-hydrogen) atoms. The highest BCUT2D eigenvalue weighted by Crippen LogP contribution is 2.25. The molecule has 8 heteroatoms. The van der Waals surface area contributed by atoms with Crippen molar-refractivity contribution in [3.8, 4) is 0 Å². The monoisotopic (exact) mass is 455 g/mol. The van der Waals surface area contributed by atoms with Crippen LogP contribution in [0.3, 0.4) is 0 Å². The van der Waals surface area contributed by atoms with Gasteiger partial charge in [0.2, 0.25) is 10.0 Å². The first-order valence-electron chi connectivity index (χ1n) is 11.0. The number of sulfonamides is 1. The SMILES string of the molecule is CCOC(=O)C1CCS(=O)(=O)N1Cc1cccc(CN[C@H](CN(C)C)CC(C)(C)C)c1.[HH]. The molecule has 0 spiro atoms. The molecular formula is C23H41N3O4S. The van der Waals surface area contributed by atoms with Gasteiger partial charge in [0.05, 0.1) is 12.4 Å². The van der Waals surface area contributed by atoms with E-state index in [0.717, 1.165) is 24.1 Å². The minimum Gasteiger partial charge on any atom is -0.465 e. The molecule has 2 atom stereocenters. The van der Waals surface area contributed by atoms with Gasteiger partial charge in [-0.15, -0.1) is 0 Å². The van der Waals surface area contributed by atoms with Crippen LogP contribution in [0.4, 0.5) is 0 Å². The Bertz CT molecular complexity index is 840. The summed E-state index contributed by atoms with van der Waals surface area (Å²) in [5.74, 6) is -0.480. The van der Waals surface area contributed by atoms with Gasteiger partial charge in [0.25, 0.3) is 0 Å². The van der Waals surface area contributed by atoms with Crippen LogP contribution in [0.5, 0.6) is 0 Å². The summed E-state index contributed by atoms with van der Waals surface area (Å²) in [7, 11) is 0.697. The summed E-state index contributed by atoms with van der Waals surface area (Å²) in [5.41, 5.74) is 2.19. The van der Waals surface area contributed by atoms with Crippen molar-refractivity contribution in [2.24, 2.45) is 5.41 Å². The van der Waals surface area contributed by atoms with Crippen LogP contribution in [0.1, 0.15) is 53.1 Å². The van der Waals surface area contributed by atoms with Gasteiger partial charge >= 0.3 is 5.97 Å². The van der Waals surface area contributed by atoms with Crippen molar-refractivity contribution in [1.29, 1.82) is 0 Å². The number of carbonyl (C=O) groups excluding carboxylic acids is 1. The molecule has 2 rings (SSSR count). The molecule has 0 bridgehead atoms. The van der Waals surface area contributed by atoms with Crippen LogP contribution < -0.4 is 5.32 Å². The first-order chi connectivity index (χ1) is 14.4. The number of hydrogen-bond donors (Lipinski definition) is 1. The van der Waals surface area contributed by atoms with Crippen molar-refractivity contribution in [3.05, 3.63) is 35.4 Å². The molecule has 1 aromatic rings. The van der Waals surface area contributed by atoms with E-state index < -0.39 is 22.0 Å². The van der Waals surface area contributed by atoms with Gasteiger partial charge in [-0.1, -0.05) is 45.0 Å². The Kier molecular flexibility index (Phi) is 9.06. The average Bonchev–Trinajstić information content (AvgIpc) is 2.93. The summed E-state index contributed by atoms with van der Waals surface area (Å²) in [6, 6.07) is 7.54. The third-order valence-corrected chi connectivity index (χ3v) is 7.13. The molecule has 0 amide bonds. The second-order valence-electron chi connectivity index (χ2n) is 9.84. The van der Waals surface area contributed by atoms with E-state index in [1.165, 1.54) is 4.31 Å². The van der Waals surface area contributed by atoms with E-state index in [9.17, 15) is 13.2 Å². The summed E-state index contributed by atoms with van der Waals surface area (Å²) in [6.07, 6.45) is 1.33. The van der Waals surface area contributed by atoms with Crippen molar-refractivity contribution in [1.82, 2.24) is 14.5 Å². The third kappa shape index (κ3) is 8.18. The molecule has 7 nitrogen and oxygen atoms in total. The van der Waals surface area contributed by atoms with Crippen molar-refractivity contribution in [3.63, 3.8) is 0 Å². The number of rotatable bonds is 10. The standard InChI is InChI=1S/C23H39N3O4S.H2/c1-7-30-22(27)21-11-12-31(28,29)26(21)16-19-10-8-9-18(13-19)15-24-20(17-25(5)6)14-23(2,3)4;/h8-10,13,20-21,24H,7,11-12,14-17H2,1-6H3;1H/t20-,21?;/m0./s1. The number of nitrogens with one attached hydrogen (secondary N) is 1. The fraction of sp³-hybridized carbons (Fsp3) is 0.696. The fourth-order valence-corrected chi connectivity index (χ4v) is 5.74. The molecule has 1 fully saturated rings. The lowest BCUT2D eigenvalue weighted by Crippen LogP contribution is -2.40. The molecule has 1 heterocycles. The average molecular weight is 456 g/mol. The number of benzene rings is 1. The Hall–Kier alpha value is -1.48. The number of esters is 1. The zero-order valence-electron chi connectivity index (χ0n) is 19.8. The quantitative estimate of drug-likeness (QED) is 0.547. The van der Waals surface area contributed by atoms with Crippen LogP contribution in [0.15, 0.2) is 24.3 Å². The van der Waals surface area contributed by atoms with Gasteiger partial charge in [0, 0.05) is 27.1 Å². The topological polar surface area (TPSA) is 79.0 Å². The van der Waals surface area contributed by atoms with E-state index in [1.54, 1.807) is 6.92 Å². The molecule has 1 aromatic carbocycles. The minimum absolute atomic E-state index is 0. The van der Waals surface area contributed by atoms with Crippen molar-refractivity contribution < 1.29 is 19.4 Å². The second kappa shape index (κ2) is 10.9. The minimum atomic E-state index is -3.46. The van der Waals surface area contributed by atoms with Crippen LogP contribution in [0, 0.1) is 5.41 Å². The van der Waals surface area contributed by atoms with E-state index in [0.29, 0.717) is 12.6 Å². The second-order valence-corrected chi connectivity index (χ2v) is 11.9. The Morgan fingerprint density at radius 1 is 1.32 bits per heavy atom. The predicted molar refractivity (Wildman–Crippen MR) is 126 cm³/mol. The lowest BCUT2D eigenvalue weighted by Gasteiger charge is -2.29. The largest absolute Gasteiger partial charge is 0.465 e. The van der Waals surface area contributed by atoms with Gasteiger partial charge in [-0.25, -0.2) is 8.42 Å². The Morgan fingerprint density at radius 2 is 2.00 bits per heavy atom. The van der Waals surface area contributed by atoms with Crippen LogP contribution in [-0.2, 0) is 32.6 Å². The zero-order valence-corrected chi connectivity index (χ0v) is 20.7. The highest BCUT2D eigenvalue weighted by atomic mass is 32.2. The van der Waals surface area contributed by atoms with Gasteiger partial charge in [-0.2, -0.15) is 4.31 Å². The molecule has 1 unspecified atom stereocenters. The van der Waals surface area contributed by atoms with Gasteiger partial charge in [0.1, 0.15) is 6.04 Å². The zero-order chi connectivity index (χ0) is 23.2. The third-order valence-electron chi connectivity index (χ3n) is 5.28.